The molecule has 1 N–H and O–H groups in total. The van der Waals surface area contributed by atoms with Gasteiger partial charge >= 0.3 is 0 Å². The molecular formula is C13H15ClN4S. The molecule has 0 amide bonds. The topological polar surface area (TPSA) is 42.2 Å². The second-order valence-electron chi connectivity index (χ2n) is 4.60. The SMILES string of the molecule is Cn1nc(-c2ccc(Cl)cc2)s/c1=N/C1CCNC1. The van der Waals surface area contributed by atoms with E-state index >= 15 is 0 Å². The third kappa shape index (κ3) is 2.88. The normalized spacial score (nSPS) is 20.1. The number of aromatic nitrogens is 2. The van der Waals surface area contributed by atoms with Gasteiger partial charge in [0.15, 0.2) is 0 Å². The highest BCUT2D eigenvalue weighted by Crippen LogP contribution is 2.21. The van der Waals surface area contributed by atoms with Crippen LogP contribution in [0.25, 0.3) is 10.6 Å². The molecule has 0 saturated carbocycles. The van der Waals surface area contributed by atoms with Crippen LogP contribution in [0.4, 0.5) is 0 Å². The van der Waals surface area contributed by atoms with E-state index in [4.69, 9.17) is 16.6 Å². The van der Waals surface area contributed by atoms with Crippen LogP contribution in [0.2, 0.25) is 5.02 Å². The van der Waals surface area contributed by atoms with E-state index < -0.39 is 0 Å². The van der Waals surface area contributed by atoms with Crippen molar-refractivity contribution in [2.75, 3.05) is 13.1 Å². The molecule has 0 spiro atoms. The minimum atomic E-state index is 0.379. The summed E-state index contributed by atoms with van der Waals surface area (Å²) in [6, 6.07) is 8.13. The summed E-state index contributed by atoms with van der Waals surface area (Å²) in [5.74, 6) is 0. The van der Waals surface area contributed by atoms with Crippen molar-refractivity contribution in [2.24, 2.45) is 12.0 Å². The van der Waals surface area contributed by atoms with Gasteiger partial charge in [-0.25, -0.2) is 4.68 Å². The Morgan fingerprint density at radius 2 is 2.21 bits per heavy atom. The largest absolute Gasteiger partial charge is 0.315 e. The third-order valence-corrected chi connectivity index (χ3v) is 4.44. The van der Waals surface area contributed by atoms with E-state index in [-0.39, 0.29) is 0 Å². The van der Waals surface area contributed by atoms with Gasteiger partial charge in [-0.15, -0.1) is 0 Å². The number of aryl methyl sites for hydroxylation is 1. The van der Waals surface area contributed by atoms with Gasteiger partial charge < -0.3 is 5.32 Å². The number of nitrogens with zero attached hydrogens (tertiary/aromatic N) is 3. The molecule has 100 valence electrons. The Morgan fingerprint density at radius 3 is 2.89 bits per heavy atom. The molecule has 19 heavy (non-hydrogen) atoms. The van der Waals surface area contributed by atoms with E-state index in [0.29, 0.717) is 6.04 Å². The fourth-order valence-electron chi connectivity index (χ4n) is 2.08. The summed E-state index contributed by atoms with van der Waals surface area (Å²) in [5, 5.41) is 9.57. The Labute approximate surface area is 120 Å². The molecule has 1 aromatic carbocycles. The standard InChI is InChI=1S/C13H15ClN4S/c1-18-13(16-11-6-7-15-8-11)19-12(17-18)9-2-4-10(14)5-3-9/h2-5,11,15H,6-8H2,1H3/b16-13+. The van der Waals surface area contributed by atoms with Gasteiger partial charge in [-0.2, -0.15) is 5.10 Å². The fraction of sp³-hybridized carbons (Fsp3) is 0.385. The molecule has 0 bridgehead atoms. The summed E-state index contributed by atoms with van der Waals surface area (Å²) in [4.78, 5) is 5.72. The lowest BCUT2D eigenvalue weighted by molar-refractivity contribution is 0.666. The molecular weight excluding hydrogens is 280 g/mol. The lowest BCUT2D eigenvalue weighted by atomic mass is 10.2. The zero-order chi connectivity index (χ0) is 13.2. The van der Waals surface area contributed by atoms with Gasteiger partial charge in [-0.05, 0) is 25.1 Å². The first kappa shape index (κ1) is 12.8. The van der Waals surface area contributed by atoms with E-state index in [0.717, 1.165) is 39.9 Å². The van der Waals surface area contributed by atoms with Crippen LogP contribution in [-0.2, 0) is 7.05 Å². The zero-order valence-corrected chi connectivity index (χ0v) is 12.2. The number of benzene rings is 1. The molecule has 1 aliphatic rings. The lowest BCUT2D eigenvalue weighted by Gasteiger charge is -1.97. The molecule has 4 nitrogen and oxygen atoms in total. The molecule has 3 rings (SSSR count). The van der Waals surface area contributed by atoms with Crippen LogP contribution in [0, 0.1) is 0 Å². The Kier molecular flexibility index (Phi) is 3.68. The van der Waals surface area contributed by atoms with Gasteiger partial charge in [0.2, 0.25) is 4.80 Å². The predicted octanol–water partition coefficient (Wildman–Crippen LogP) is 2.06. The van der Waals surface area contributed by atoms with Crippen molar-refractivity contribution in [1.82, 2.24) is 15.1 Å². The van der Waals surface area contributed by atoms with Crippen molar-refractivity contribution in [1.29, 1.82) is 0 Å². The van der Waals surface area contributed by atoms with Crippen molar-refractivity contribution in [3.63, 3.8) is 0 Å². The molecule has 2 heterocycles. The van der Waals surface area contributed by atoms with E-state index in [1.54, 1.807) is 11.3 Å². The maximum Gasteiger partial charge on any atom is 0.203 e. The van der Waals surface area contributed by atoms with Crippen molar-refractivity contribution >= 4 is 22.9 Å². The molecule has 1 aromatic heterocycles. The average Bonchev–Trinajstić information content (AvgIpc) is 3.02. The number of rotatable bonds is 2. The van der Waals surface area contributed by atoms with E-state index in [1.807, 2.05) is 36.0 Å². The summed E-state index contributed by atoms with van der Waals surface area (Å²) in [5.41, 5.74) is 1.08. The minimum Gasteiger partial charge on any atom is -0.315 e. The second kappa shape index (κ2) is 5.45. The van der Waals surface area contributed by atoms with Crippen LogP contribution >= 0.6 is 22.9 Å². The highest BCUT2D eigenvalue weighted by Gasteiger charge is 2.13. The first-order valence-corrected chi connectivity index (χ1v) is 7.46. The summed E-state index contributed by atoms with van der Waals surface area (Å²) >= 11 is 7.52. The Bertz CT molecular complexity index is 623. The maximum atomic E-state index is 5.90. The van der Waals surface area contributed by atoms with E-state index in [9.17, 15) is 0 Å². The Hall–Kier alpha value is -1.17. The third-order valence-electron chi connectivity index (χ3n) is 3.12. The molecule has 0 radical (unpaired) electrons. The van der Waals surface area contributed by atoms with E-state index in [1.165, 1.54) is 0 Å². The minimum absolute atomic E-state index is 0.379. The predicted molar refractivity (Wildman–Crippen MR) is 78.4 cm³/mol. The highest BCUT2D eigenvalue weighted by atomic mass is 35.5. The molecule has 1 aliphatic heterocycles. The smallest absolute Gasteiger partial charge is 0.203 e. The van der Waals surface area contributed by atoms with Crippen LogP contribution in [-0.4, -0.2) is 28.9 Å². The second-order valence-corrected chi connectivity index (χ2v) is 5.99. The maximum absolute atomic E-state index is 5.90. The van der Waals surface area contributed by atoms with Crippen LogP contribution in [0.5, 0.6) is 0 Å². The summed E-state index contributed by atoms with van der Waals surface area (Å²) in [6.45, 7) is 2.02. The zero-order valence-electron chi connectivity index (χ0n) is 10.6. The van der Waals surface area contributed by atoms with Gasteiger partial charge in [0.25, 0.3) is 0 Å². The molecule has 1 atom stereocenters. The molecule has 1 unspecified atom stereocenters. The number of nitrogens with one attached hydrogen (secondary N) is 1. The average molecular weight is 295 g/mol. The molecule has 6 heteroatoms. The summed E-state index contributed by atoms with van der Waals surface area (Å²) < 4.78 is 1.85. The van der Waals surface area contributed by atoms with Gasteiger partial charge in [-0.3, -0.25) is 4.99 Å². The first-order chi connectivity index (χ1) is 9.22. The van der Waals surface area contributed by atoms with Crippen molar-refractivity contribution in [3.05, 3.63) is 34.1 Å². The number of halogens is 1. The van der Waals surface area contributed by atoms with Gasteiger partial charge in [-0.1, -0.05) is 35.1 Å². The highest BCUT2D eigenvalue weighted by molar-refractivity contribution is 7.12. The van der Waals surface area contributed by atoms with Gasteiger partial charge in [0.1, 0.15) is 5.01 Å². The molecule has 1 saturated heterocycles. The monoisotopic (exact) mass is 294 g/mol. The van der Waals surface area contributed by atoms with Crippen molar-refractivity contribution < 1.29 is 0 Å². The fourth-order valence-corrected chi connectivity index (χ4v) is 3.17. The van der Waals surface area contributed by atoms with Crippen molar-refractivity contribution in [2.45, 2.75) is 12.5 Å². The first-order valence-electron chi connectivity index (χ1n) is 6.27. The quantitative estimate of drug-likeness (QED) is 0.921. The van der Waals surface area contributed by atoms with Crippen LogP contribution in [0.3, 0.4) is 0 Å². The van der Waals surface area contributed by atoms with Gasteiger partial charge in [0.05, 0.1) is 6.04 Å². The molecule has 0 aliphatic carbocycles. The molecule has 1 fully saturated rings. The molecule has 2 aromatic rings. The van der Waals surface area contributed by atoms with E-state index in [2.05, 4.69) is 10.4 Å². The van der Waals surface area contributed by atoms with Crippen LogP contribution in [0.1, 0.15) is 6.42 Å². The van der Waals surface area contributed by atoms with Crippen LogP contribution in [0.15, 0.2) is 29.3 Å². The lowest BCUT2D eigenvalue weighted by Crippen LogP contribution is -2.18. The summed E-state index contributed by atoms with van der Waals surface area (Å²) in [6.07, 6.45) is 1.11. The Morgan fingerprint density at radius 1 is 1.42 bits per heavy atom. The Balaban J connectivity index is 1.94. The van der Waals surface area contributed by atoms with Crippen molar-refractivity contribution in [3.8, 4) is 10.6 Å². The van der Waals surface area contributed by atoms with Crippen LogP contribution < -0.4 is 10.1 Å². The number of hydrogen-bond acceptors (Lipinski definition) is 4. The summed E-state index contributed by atoms with van der Waals surface area (Å²) in [7, 11) is 1.94. The van der Waals surface area contributed by atoms with Gasteiger partial charge in [0, 0.05) is 24.2 Å². The number of hydrogen-bond donors (Lipinski definition) is 1.